The SMILES string of the molecule is N#Cc1ccc(NNC(=O)c2ccc(NC(=O)Nc3ccccc3)cc2)c(C(F)(F)F)c1. The number of carbonyl (C=O) groups excluding carboxylic acids is 2. The van der Waals surface area contributed by atoms with Crippen LogP contribution in [0.1, 0.15) is 21.5 Å². The van der Waals surface area contributed by atoms with Crippen molar-refractivity contribution in [2.75, 3.05) is 16.1 Å². The van der Waals surface area contributed by atoms with Crippen LogP contribution in [-0.4, -0.2) is 11.9 Å². The van der Waals surface area contributed by atoms with Crippen molar-refractivity contribution in [2.24, 2.45) is 0 Å². The number of carbonyl (C=O) groups is 2. The number of hydrogen-bond donors (Lipinski definition) is 4. The Hall–Kier alpha value is -4.52. The first-order valence-electron chi connectivity index (χ1n) is 9.17. The van der Waals surface area contributed by atoms with E-state index in [1.54, 1.807) is 30.3 Å². The number of anilines is 3. The third kappa shape index (κ3) is 5.76. The lowest BCUT2D eigenvalue weighted by Crippen LogP contribution is -2.30. The minimum atomic E-state index is -4.71. The van der Waals surface area contributed by atoms with Crippen molar-refractivity contribution in [3.8, 4) is 6.07 Å². The molecular formula is C22H16F3N5O2. The van der Waals surface area contributed by atoms with Crippen LogP contribution in [0.5, 0.6) is 0 Å². The average molecular weight is 439 g/mol. The predicted octanol–water partition coefficient (Wildman–Crippen LogP) is 4.98. The Kier molecular flexibility index (Phi) is 6.60. The number of nitrogens with one attached hydrogen (secondary N) is 4. The summed E-state index contributed by atoms with van der Waals surface area (Å²) in [7, 11) is 0. The van der Waals surface area contributed by atoms with Crippen molar-refractivity contribution in [2.45, 2.75) is 6.18 Å². The Bertz CT molecular complexity index is 1160. The summed E-state index contributed by atoms with van der Waals surface area (Å²) in [6.07, 6.45) is -4.71. The van der Waals surface area contributed by atoms with E-state index in [2.05, 4.69) is 21.5 Å². The van der Waals surface area contributed by atoms with E-state index < -0.39 is 29.4 Å². The molecule has 10 heteroatoms. The van der Waals surface area contributed by atoms with Gasteiger partial charge in [0.15, 0.2) is 0 Å². The lowest BCUT2D eigenvalue weighted by Gasteiger charge is -2.15. The van der Waals surface area contributed by atoms with Crippen molar-refractivity contribution in [1.82, 2.24) is 5.43 Å². The molecule has 0 unspecified atom stereocenters. The third-order valence-corrected chi connectivity index (χ3v) is 4.20. The van der Waals surface area contributed by atoms with E-state index in [9.17, 15) is 22.8 Å². The molecule has 0 aliphatic heterocycles. The van der Waals surface area contributed by atoms with Gasteiger partial charge in [0.05, 0.1) is 22.9 Å². The zero-order chi connectivity index (χ0) is 23.1. The molecule has 4 N–H and O–H groups in total. The first kappa shape index (κ1) is 22.2. The van der Waals surface area contributed by atoms with E-state index >= 15 is 0 Å². The van der Waals surface area contributed by atoms with Crippen molar-refractivity contribution in [3.63, 3.8) is 0 Å². The molecule has 32 heavy (non-hydrogen) atoms. The predicted molar refractivity (Wildman–Crippen MR) is 113 cm³/mol. The van der Waals surface area contributed by atoms with E-state index in [0.29, 0.717) is 17.4 Å². The van der Waals surface area contributed by atoms with Crippen LogP contribution < -0.4 is 21.5 Å². The molecule has 3 aromatic rings. The minimum absolute atomic E-state index is 0.147. The number of para-hydroxylation sites is 1. The number of rotatable bonds is 5. The fourth-order valence-corrected chi connectivity index (χ4v) is 2.67. The number of hydrazine groups is 1. The fourth-order valence-electron chi connectivity index (χ4n) is 2.67. The molecule has 0 aromatic heterocycles. The van der Waals surface area contributed by atoms with E-state index in [1.165, 1.54) is 30.3 Å². The molecule has 7 nitrogen and oxygen atoms in total. The Labute approximate surface area is 180 Å². The molecule has 0 saturated heterocycles. The van der Waals surface area contributed by atoms with Crippen LogP contribution in [0.3, 0.4) is 0 Å². The number of amides is 3. The van der Waals surface area contributed by atoms with Gasteiger partial charge in [-0.05, 0) is 54.6 Å². The van der Waals surface area contributed by atoms with Crippen molar-refractivity contribution >= 4 is 29.0 Å². The van der Waals surface area contributed by atoms with Gasteiger partial charge < -0.3 is 10.6 Å². The van der Waals surface area contributed by atoms with Crippen LogP contribution in [0.4, 0.5) is 35.0 Å². The summed E-state index contributed by atoms with van der Waals surface area (Å²) in [5, 5.41) is 14.0. The smallest absolute Gasteiger partial charge is 0.308 e. The van der Waals surface area contributed by atoms with Gasteiger partial charge in [-0.3, -0.25) is 15.6 Å². The van der Waals surface area contributed by atoms with Gasteiger partial charge in [0.1, 0.15) is 0 Å². The van der Waals surface area contributed by atoms with E-state index in [0.717, 1.165) is 6.07 Å². The van der Waals surface area contributed by atoms with Gasteiger partial charge in [-0.25, -0.2) is 4.79 Å². The highest BCUT2D eigenvalue weighted by atomic mass is 19.4. The molecule has 0 fully saturated rings. The second-order valence-corrected chi connectivity index (χ2v) is 6.47. The highest BCUT2D eigenvalue weighted by Gasteiger charge is 2.34. The summed E-state index contributed by atoms with van der Waals surface area (Å²) in [5.74, 6) is -0.692. The maximum Gasteiger partial charge on any atom is 0.418 e. The third-order valence-electron chi connectivity index (χ3n) is 4.20. The molecule has 0 radical (unpaired) electrons. The summed E-state index contributed by atoms with van der Waals surface area (Å²) in [4.78, 5) is 24.3. The molecule has 162 valence electrons. The van der Waals surface area contributed by atoms with Crippen molar-refractivity contribution in [3.05, 3.63) is 89.5 Å². The molecule has 0 spiro atoms. The number of alkyl halides is 3. The van der Waals surface area contributed by atoms with Crippen LogP contribution in [0.25, 0.3) is 0 Å². The van der Waals surface area contributed by atoms with E-state index in [4.69, 9.17) is 5.26 Å². The molecule has 3 aromatic carbocycles. The summed E-state index contributed by atoms with van der Waals surface area (Å²) in [6.45, 7) is 0. The van der Waals surface area contributed by atoms with E-state index in [1.807, 2.05) is 6.07 Å². The normalized spacial score (nSPS) is 10.6. The first-order chi connectivity index (χ1) is 15.3. The monoisotopic (exact) mass is 439 g/mol. The van der Waals surface area contributed by atoms with Gasteiger partial charge in [-0.2, -0.15) is 18.4 Å². The topological polar surface area (TPSA) is 106 Å². The molecule has 0 aliphatic rings. The lowest BCUT2D eigenvalue weighted by atomic mass is 10.1. The van der Waals surface area contributed by atoms with Crippen LogP contribution in [0.2, 0.25) is 0 Å². The lowest BCUT2D eigenvalue weighted by molar-refractivity contribution is -0.137. The molecule has 0 heterocycles. The second kappa shape index (κ2) is 9.53. The number of halogens is 3. The van der Waals surface area contributed by atoms with Gasteiger partial charge in [0.25, 0.3) is 5.91 Å². The molecule has 3 amide bonds. The first-order valence-corrected chi connectivity index (χ1v) is 9.17. The molecule has 0 saturated carbocycles. The van der Waals surface area contributed by atoms with Crippen molar-refractivity contribution < 1.29 is 22.8 Å². The minimum Gasteiger partial charge on any atom is -0.308 e. The summed E-state index contributed by atoms with van der Waals surface area (Å²) in [5.41, 5.74) is 3.94. The summed E-state index contributed by atoms with van der Waals surface area (Å²) >= 11 is 0. The highest BCUT2D eigenvalue weighted by Crippen LogP contribution is 2.35. The maximum absolute atomic E-state index is 13.2. The molecule has 0 bridgehead atoms. The van der Waals surface area contributed by atoms with Crippen LogP contribution in [0, 0.1) is 11.3 Å². The molecular weight excluding hydrogens is 423 g/mol. The zero-order valence-electron chi connectivity index (χ0n) is 16.3. The number of hydrogen-bond acceptors (Lipinski definition) is 4. The Morgan fingerprint density at radius 3 is 2.06 bits per heavy atom. The average Bonchev–Trinajstić information content (AvgIpc) is 2.78. The van der Waals surface area contributed by atoms with Crippen molar-refractivity contribution in [1.29, 1.82) is 5.26 Å². The van der Waals surface area contributed by atoms with E-state index in [-0.39, 0.29) is 11.1 Å². The van der Waals surface area contributed by atoms with Gasteiger partial charge >= 0.3 is 12.2 Å². The summed E-state index contributed by atoms with van der Waals surface area (Å²) < 4.78 is 39.6. The van der Waals surface area contributed by atoms with Gasteiger partial charge in [0, 0.05) is 16.9 Å². The quantitative estimate of drug-likeness (QED) is 0.421. The van der Waals surface area contributed by atoms with Crippen LogP contribution in [0.15, 0.2) is 72.8 Å². The Morgan fingerprint density at radius 2 is 1.47 bits per heavy atom. The largest absolute Gasteiger partial charge is 0.418 e. The fraction of sp³-hybridized carbons (Fsp3) is 0.0455. The second-order valence-electron chi connectivity index (χ2n) is 6.47. The summed E-state index contributed by atoms with van der Waals surface area (Å²) in [6, 6.07) is 18.7. The Balaban J connectivity index is 1.61. The number of urea groups is 1. The van der Waals surface area contributed by atoms with Gasteiger partial charge in [0.2, 0.25) is 0 Å². The standard InChI is InChI=1S/C22H16F3N5O2/c23-22(24,25)18-12-14(13-26)6-11-19(18)29-30-20(31)15-7-9-17(10-8-15)28-21(32)27-16-4-2-1-3-5-16/h1-12,29H,(H,30,31)(H2,27,28,32). The van der Waals surface area contributed by atoms with Gasteiger partial charge in [-0.15, -0.1) is 0 Å². The Morgan fingerprint density at radius 1 is 0.844 bits per heavy atom. The number of nitriles is 1. The molecule has 0 aliphatic carbocycles. The molecule has 3 rings (SSSR count). The molecule has 0 atom stereocenters. The number of nitrogens with zero attached hydrogens (tertiary/aromatic N) is 1. The zero-order valence-corrected chi connectivity index (χ0v) is 16.3. The van der Waals surface area contributed by atoms with Gasteiger partial charge in [-0.1, -0.05) is 18.2 Å². The highest BCUT2D eigenvalue weighted by molar-refractivity contribution is 6.00. The number of benzene rings is 3. The van der Waals surface area contributed by atoms with Crippen LogP contribution in [-0.2, 0) is 6.18 Å². The van der Waals surface area contributed by atoms with Crippen LogP contribution >= 0.6 is 0 Å². The maximum atomic E-state index is 13.2.